The summed E-state index contributed by atoms with van der Waals surface area (Å²) in [5.41, 5.74) is 1.79. The van der Waals surface area contributed by atoms with Gasteiger partial charge in [-0.1, -0.05) is 57.9 Å². The van der Waals surface area contributed by atoms with Crippen molar-refractivity contribution in [2.24, 2.45) is 0 Å². The molecule has 5 heteroatoms. The number of nitrogens with zero attached hydrogens (tertiary/aromatic N) is 2. The Balaban J connectivity index is 1.78. The second-order valence-electron chi connectivity index (χ2n) is 7.90. The molecule has 1 fully saturated rings. The van der Waals surface area contributed by atoms with Gasteiger partial charge in [0.15, 0.2) is 11.5 Å². The number of hydrogen-bond donors (Lipinski definition) is 0. The van der Waals surface area contributed by atoms with E-state index >= 15 is 0 Å². The third-order valence-corrected chi connectivity index (χ3v) is 5.41. The monoisotopic (exact) mass is 414 g/mol. The van der Waals surface area contributed by atoms with Gasteiger partial charge in [0, 0.05) is 31.3 Å². The standard InChI is InChI=1S/C25H38N2O3/c1-3-4-5-6-7-8-9-10-15-30-24-12-11-22(19-25(24)28-2)18-23(20-26)21-27-13-16-29-17-14-27/h11-12,19,21H,3-10,13-18H2,1-2H3. The number of rotatable bonds is 14. The van der Waals surface area contributed by atoms with E-state index in [9.17, 15) is 5.26 Å². The lowest BCUT2D eigenvalue weighted by Gasteiger charge is -2.25. The van der Waals surface area contributed by atoms with Gasteiger partial charge in [-0.05, 0) is 24.1 Å². The zero-order chi connectivity index (χ0) is 21.4. The van der Waals surface area contributed by atoms with Gasteiger partial charge in [-0.3, -0.25) is 0 Å². The molecular formula is C25H38N2O3. The lowest BCUT2D eigenvalue weighted by molar-refractivity contribution is 0.0591. The van der Waals surface area contributed by atoms with Gasteiger partial charge in [-0.2, -0.15) is 5.26 Å². The summed E-state index contributed by atoms with van der Waals surface area (Å²) in [5, 5.41) is 9.51. The highest BCUT2D eigenvalue weighted by Gasteiger charge is 2.11. The van der Waals surface area contributed by atoms with Gasteiger partial charge in [0.25, 0.3) is 0 Å². The molecule has 0 bridgehead atoms. The molecule has 30 heavy (non-hydrogen) atoms. The first kappa shape index (κ1) is 24.1. The Morgan fingerprint density at radius 1 is 1.07 bits per heavy atom. The minimum absolute atomic E-state index is 0.586. The maximum atomic E-state index is 9.51. The fourth-order valence-electron chi connectivity index (χ4n) is 3.62. The van der Waals surface area contributed by atoms with E-state index in [1.807, 2.05) is 24.4 Å². The van der Waals surface area contributed by atoms with Gasteiger partial charge in [-0.25, -0.2) is 0 Å². The zero-order valence-electron chi connectivity index (χ0n) is 18.8. The average Bonchev–Trinajstić information content (AvgIpc) is 2.78. The van der Waals surface area contributed by atoms with Crippen molar-refractivity contribution >= 4 is 0 Å². The lowest BCUT2D eigenvalue weighted by atomic mass is 10.1. The van der Waals surface area contributed by atoms with Crippen molar-refractivity contribution < 1.29 is 14.2 Å². The van der Waals surface area contributed by atoms with E-state index in [0.29, 0.717) is 26.2 Å². The molecule has 0 atom stereocenters. The lowest BCUT2D eigenvalue weighted by Crippen LogP contribution is -2.32. The van der Waals surface area contributed by atoms with E-state index in [0.717, 1.165) is 42.1 Å². The Labute approximate surface area is 182 Å². The molecule has 0 spiro atoms. The van der Waals surface area contributed by atoms with Gasteiger partial charge < -0.3 is 19.1 Å². The van der Waals surface area contributed by atoms with Crippen LogP contribution in [0.25, 0.3) is 0 Å². The molecule has 0 aromatic heterocycles. The number of ether oxygens (including phenoxy) is 3. The van der Waals surface area contributed by atoms with Crippen LogP contribution in [0.2, 0.25) is 0 Å². The fourth-order valence-corrected chi connectivity index (χ4v) is 3.62. The van der Waals surface area contributed by atoms with E-state index < -0.39 is 0 Å². The first-order chi connectivity index (χ1) is 14.8. The molecule has 2 rings (SSSR count). The van der Waals surface area contributed by atoms with E-state index in [1.165, 1.54) is 44.9 Å². The number of nitriles is 1. The Morgan fingerprint density at radius 3 is 2.43 bits per heavy atom. The summed E-state index contributed by atoms with van der Waals surface area (Å²) in [5.74, 6) is 1.51. The van der Waals surface area contributed by atoms with Gasteiger partial charge in [0.2, 0.25) is 0 Å². The summed E-state index contributed by atoms with van der Waals surface area (Å²) in [6, 6.07) is 8.29. The van der Waals surface area contributed by atoms with Crippen molar-refractivity contribution in [2.75, 3.05) is 40.0 Å². The molecule has 0 aliphatic carbocycles. The molecule has 166 valence electrons. The second kappa shape index (κ2) is 14.7. The van der Waals surface area contributed by atoms with Crippen LogP contribution in [0.15, 0.2) is 30.0 Å². The number of methoxy groups -OCH3 is 1. The maximum absolute atomic E-state index is 9.51. The van der Waals surface area contributed by atoms with E-state index in [4.69, 9.17) is 14.2 Å². The first-order valence-electron chi connectivity index (χ1n) is 11.5. The Hall–Kier alpha value is -2.19. The normalized spacial score (nSPS) is 14.4. The van der Waals surface area contributed by atoms with Crippen molar-refractivity contribution in [1.82, 2.24) is 4.90 Å². The zero-order valence-corrected chi connectivity index (χ0v) is 18.8. The predicted octanol–water partition coefficient (Wildman–Crippen LogP) is 5.50. The topological polar surface area (TPSA) is 54.7 Å². The van der Waals surface area contributed by atoms with Crippen molar-refractivity contribution in [2.45, 2.75) is 64.7 Å². The largest absolute Gasteiger partial charge is 0.493 e. The molecule has 1 heterocycles. The SMILES string of the molecule is CCCCCCCCCCOc1ccc(CC(C#N)=CN2CCOCC2)cc1OC. The third-order valence-electron chi connectivity index (χ3n) is 5.41. The molecule has 0 amide bonds. The average molecular weight is 415 g/mol. The molecule has 1 aliphatic heterocycles. The molecule has 0 saturated carbocycles. The molecule has 5 nitrogen and oxygen atoms in total. The number of unbranched alkanes of at least 4 members (excludes halogenated alkanes) is 7. The van der Waals surface area contributed by atoms with Crippen LogP contribution in [-0.2, 0) is 11.2 Å². The van der Waals surface area contributed by atoms with Crippen molar-refractivity contribution in [3.05, 3.63) is 35.5 Å². The van der Waals surface area contributed by atoms with Crippen LogP contribution >= 0.6 is 0 Å². The maximum Gasteiger partial charge on any atom is 0.161 e. The molecule has 1 aromatic rings. The van der Waals surface area contributed by atoms with Crippen LogP contribution in [0.1, 0.15) is 63.9 Å². The molecule has 1 saturated heterocycles. The van der Waals surface area contributed by atoms with Crippen LogP contribution in [0.5, 0.6) is 11.5 Å². The highest BCUT2D eigenvalue weighted by Crippen LogP contribution is 2.29. The predicted molar refractivity (Wildman–Crippen MR) is 121 cm³/mol. The quantitative estimate of drug-likeness (QED) is 0.297. The summed E-state index contributed by atoms with van der Waals surface area (Å²) in [6.45, 7) is 6.07. The van der Waals surface area contributed by atoms with E-state index in [1.54, 1.807) is 7.11 Å². The number of morpholine rings is 1. The Morgan fingerprint density at radius 2 is 1.77 bits per heavy atom. The highest BCUT2D eigenvalue weighted by molar-refractivity contribution is 5.44. The van der Waals surface area contributed by atoms with Gasteiger partial charge in [-0.15, -0.1) is 0 Å². The highest BCUT2D eigenvalue weighted by atomic mass is 16.5. The van der Waals surface area contributed by atoms with Gasteiger partial charge in [0.05, 0.1) is 33.0 Å². The first-order valence-corrected chi connectivity index (χ1v) is 11.5. The van der Waals surface area contributed by atoms with Crippen LogP contribution in [0.4, 0.5) is 0 Å². The van der Waals surface area contributed by atoms with Crippen LogP contribution in [-0.4, -0.2) is 44.9 Å². The summed E-state index contributed by atoms with van der Waals surface area (Å²) < 4.78 is 16.9. The molecule has 1 aromatic carbocycles. The Bertz CT molecular complexity index is 675. The molecular weight excluding hydrogens is 376 g/mol. The number of benzene rings is 1. The van der Waals surface area contributed by atoms with Gasteiger partial charge >= 0.3 is 0 Å². The summed E-state index contributed by atoms with van der Waals surface area (Å²) in [4.78, 5) is 2.15. The van der Waals surface area contributed by atoms with E-state index in [2.05, 4.69) is 17.9 Å². The number of allylic oxidation sites excluding steroid dienone is 1. The minimum atomic E-state index is 0.586. The van der Waals surface area contributed by atoms with Crippen molar-refractivity contribution in [3.63, 3.8) is 0 Å². The summed E-state index contributed by atoms with van der Waals surface area (Å²) in [6.07, 6.45) is 12.8. The minimum Gasteiger partial charge on any atom is -0.493 e. The van der Waals surface area contributed by atoms with Gasteiger partial charge in [0.1, 0.15) is 0 Å². The molecule has 0 N–H and O–H groups in total. The van der Waals surface area contributed by atoms with Crippen LogP contribution in [0.3, 0.4) is 0 Å². The smallest absolute Gasteiger partial charge is 0.161 e. The second-order valence-corrected chi connectivity index (χ2v) is 7.90. The third kappa shape index (κ3) is 9.09. The molecule has 1 aliphatic rings. The summed E-state index contributed by atoms with van der Waals surface area (Å²) >= 11 is 0. The molecule has 0 unspecified atom stereocenters. The summed E-state index contributed by atoms with van der Waals surface area (Å²) in [7, 11) is 1.66. The fraction of sp³-hybridized carbons (Fsp3) is 0.640. The molecule has 0 radical (unpaired) electrons. The van der Waals surface area contributed by atoms with E-state index in [-0.39, 0.29) is 0 Å². The van der Waals surface area contributed by atoms with Crippen molar-refractivity contribution in [1.29, 1.82) is 5.26 Å². The van der Waals surface area contributed by atoms with Crippen LogP contribution in [0, 0.1) is 11.3 Å². The Kier molecular flexibility index (Phi) is 11.8. The number of hydrogen-bond acceptors (Lipinski definition) is 5. The van der Waals surface area contributed by atoms with Crippen molar-refractivity contribution in [3.8, 4) is 17.6 Å². The van der Waals surface area contributed by atoms with Crippen LogP contribution < -0.4 is 9.47 Å².